The van der Waals surface area contributed by atoms with Crippen LogP contribution in [0.5, 0.6) is 0 Å². The van der Waals surface area contributed by atoms with E-state index in [1.807, 2.05) is 12.1 Å². The molecule has 5 heteroatoms. The van der Waals surface area contributed by atoms with E-state index in [4.69, 9.17) is 28.9 Å². The summed E-state index contributed by atoms with van der Waals surface area (Å²) in [7, 11) is 1.73. The molecule has 1 heterocycles. The Morgan fingerprint density at radius 3 is 2.69 bits per heavy atom. The molecule has 1 aliphatic rings. The molecule has 3 nitrogen and oxygen atoms in total. The Labute approximate surface area is 104 Å². The van der Waals surface area contributed by atoms with E-state index in [1.165, 1.54) is 0 Å². The van der Waals surface area contributed by atoms with Gasteiger partial charge in [0.25, 0.3) is 0 Å². The lowest BCUT2D eigenvalue weighted by Crippen LogP contribution is -2.30. The van der Waals surface area contributed by atoms with Crippen LogP contribution >= 0.6 is 23.2 Å². The molecule has 0 radical (unpaired) electrons. The zero-order valence-corrected chi connectivity index (χ0v) is 10.3. The summed E-state index contributed by atoms with van der Waals surface area (Å²) in [4.78, 5) is 13.2. The van der Waals surface area contributed by atoms with Crippen LogP contribution in [0.3, 0.4) is 0 Å². The SMILES string of the molecule is CN1C(=O)CC(N)C1c1cccc(Cl)c1Cl. The lowest BCUT2D eigenvalue weighted by molar-refractivity contribution is -0.127. The second kappa shape index (κ2) is 4.24. The van der Waals surface area contributed by atoms with E-state index in [9.17, 15) is 4.79 Å². The first-order valence-electron chi connectivity index (χ1n) is 4.97. The number of carbonyl (C=O) groups is 1. The number of nitrogens with zero attached hydrogens (tertiary/aromatic N) is 1. The number of carbonyl (C=O) groups excluding carboxylic acids is 1. The highest BCUT2D eigenvalue weighted by molar-refractivity contribution is 6.42. The molecule has 0 spiro atoms. The molecule has 1 aliphatic heterocycles. The molecule has 1 amide bonds. The van der Waals surface area contributed by atoms with Crippen LogP contribution in [0.1, 0.15) is 18.0 Å². The molecule has 2 unspecified atom stereocenters. The number of benzene rings is 1. The summed E-state index contributed by atoms with van der Waals surface area (Å²) in [6.45, 7) is 0. The molecule has 0 saturated carbocycles. The first-order valence-corrected chi connectivity index (χ1v) is 5.73. The van der Waals surface area contributed by atoms with Crippen LogP contribution in [0.4, 0.5) is 0 Å². The van der Waals surface area contributed by atoms with Gasteiger partial charge in [-0.05, 0) is 11.6 Å². The zero-order chi connectivity index (χ0) is 11.9. The molecule has 2 rings (SSSR count). The van der Waals surface area contributed by atoms with Gasteiger partial charge in [0.15, 0.2) is 0 Å². The van der Waals surface area contributed by atoms with E-state index in [0.717, 1.165) is 5.56 Å². The summed E-state index contributed by atoms with van der Waals surface area (Å²) in [5, 5.41) is 0.963. The second-order valence-electron chi connectivity index (χ2n) is 3.96. The number of halogens is 2. The Kier molecular flexibility index (Phi) is 3.10. The average molecular weight is 259 g/mol. The smallest absolute Gasteiger partial charge is 0.224 e. The fourth-order valence-corrected chi connectivity index (χ4v) is 2.51. The topological polar surface area (TPSA) is 46.3 Å². The van der Waals surface area contributed by atoms with Crippen LogP contribution in [0, 0.1) is 0 Å². The summed E-state index contributed by atoms with van der Waals surface area (Å²) in [6, 6.07) is 4.98. The summed E-state index contributed by atoms with van der Waals surface area (Å²) in [5.41, 5.74) is 6.76. The first-order chi connectivity index (χ1) is 7.52. The lowest BCUT2D eigenvalue weighted by atomic mass is 10.0. The van der Waals surface area contributed by atoms with E-state index in [2.05, 4.69) is 0 Å². The van der Waals surface area contributed by atoms with Gasteiger partial charge in [0.05, 0.1) is 16.1 Å². The molecule has 1 aromatic rings. The van der Waals surface area contributed by atoms with E-state index in [0.29, 0.717) is 16.5 Å². The molecule has 16 heavy (non-hydrogen) atoms. The predicted octanol–water partition coefficient (Wildman–Crippen LogP) is 2.22. The molecule has 2 N–H and O–H groups in total. The maximum Gasteiger partial charge on any atom is 0.224 e. The highest BCUT2D eigenvalue weighted by Crippen LogP contribution is 2.37. The third kappa shape index (κ3) is 1.79. The minimum atomic E-state index is -0.228. The lowest BCUT2D eigenvalue weighted by Gasteiger charge is -2.24. The van der Waals surface area contributed by atoms with Crippen LogP contribution in [0.15, 0.2) is 18.2 Å². The van der Waals surface area contributed by atoms with Gasteiger partial charge in [0.1, 0.15) is 0 Å². The maximum atomic E-state index is 11.5. The van der Waals surface area contributed by atoms with Crippen LogP contribution in [-0.2, 0) is 4.79 Å². The Morgan fingerprint density at radius 2 is 2.12 bits per heavy atom. The summed E-state index contributed by atoms with van der Waals surface area (Å²) in [5.74, 6) is 0.0357. The van der Waals surface area contributed by atoms with E-state index >= 15 is 0 Å². The predicted molar refractivity (Wildman–Crippen MR) is 64.6 cm³/mol. The van der Waals surface area contributed by atoms with Crippen molar-refractivity contribution in [1.29, 1.82) is 0 Å². The molecule has 2 atom stereocenters. The second-order valence-corrected chi connectivity index (χ2v) is 4.75. The molecule has 86 valence electrons. The normalized spacial score (nSPS) is 25.2. The van der Waals surface area contributed by atoms with Crippen molar-refractivity contribution in [2.24, 2.45) is 5.73 Å². The summed E-state index contributed by atoms with van der Waals surface area (Å²) >= 11 is 12.1. The monoisotopic (exact) mass is 258 g/mol. The highest BCUT2D eigenvalue weighted by Gasteiger charge is 2.37. The largest absolute Gasteiger partial charge is 0.337 e. The van der Waals surface area contributed by atoms with Gasteiger partial charge in [-0.1, -0.05) is 35.3 Å². The van der Waals surface area contributed by atoms with Gasteiger partial charge in [-0.25, -0.2) is 0 Å². The van der Waals surface area contributed by atoms with Crippen LogP contribution in [0.2, 0.25) is 10.0 Å². The zero-order valence-electron chi connectivity index (χ0n) is 8.78. The highest BCUT2D eigenvalue weighted by atomic mass is 35.5. The van der Waals surface area contributed by atoms with Crippen molar-refractivity contribution in [2.75, 3.05) is 7.05 Å². The van der Waals surface area contributed by atoms with E-state index in [-0.39, 0.29) is 18.0 Å². The average Bonchev–Trinajstić information content (AvgIpc) is 2.47. The first kappa shape index (κ1) is 11.7. The molecule has 0 bridgehead atoms. The number of likely N-dealkylation sites (N-methyl/N-ethyl adjacent to an activating group) is 1. The fraction of sp³-hybridized carbons (Fsp3) is 0.364. The van der Waals surface area contributed by atoms with Crippen LogP contribution < -0.4 is 5.73 Å². The van der Waals surface area contributed by atoms with Crippen LogP contribution in [0.25, 0.3) is 0 Å². The third-order valence-electron chi connectivity index (χ3n) is 2.93. The van der Waals surface area contributed by atoms with Crippen LogP contribution in [-0.4, -0.2) is 23.9 Å². The standard InChI is InChI=1S/C11H12Cl2N2O/c1-15-9(16)5-8(14)11(15)6-3-2-4-7(12)10(6)13/h2-4,8,11H,5,14H2,1H3. The number of amides is 1. The van der Waals surface area contributed by atoms with Gasteiger partial charge in [0.2, 0.25) is 5.91 Å². The van der Waals surface area contributed by atoms with E-state index < -0.39 is 0 Å². The molecule has 0 aromatic heterocycles. The molecule has 1 fully saturated rings. The van der Waals surface area contributed by atoms with Gasteiger partial charge in [-0.2, -0.15) is 0 Å². The van der Waals surface area contributed by atoms with Gasteiger partial charge in [-0.15, -0.1) is 0 Å². The number of hydrogen-bond acceptors (Lipinski definition) is 2. The van der Waals surface area contributed by atoms with Crippen molar-refractivity contribution in [3.8, 4) is 0 Å². The van der Waals surface area contributed by atoms with Crippen molar-refractivity contribution < 1.29 is 4.79 Å². The maximum absolute atomic E-state index is 11.5. The van der Waals surface area contributed by atoms with Crippen molar-refractivity contribution in [3.05, 3.63) is 33.8 Å². The third-order valence-corrected chi connectivity index (χ3v) is 3.76. The minimum absolute atomic E-state index is 0.0357. The molecule has 0 aliphatic carbocycles. The Balaban J connectivity index is 2.44. The summed E-state index contributed by atoms with van der Waals surface area (Å²) < 4.78 is 0. The summed E-state index contributed by atoms with van der Waals surface area (Å²) in [6.07, 6.45) is 0.351. The Morgan fingerprint density at radius 1 is 1.44 bits per heavy atom. The van der Waals surface area contributed by atoms with Crippen molar-refractivity contribution >= 4 is 29.1 Å². The number of hydrogen-bond donors (Lipinski definition) is 1. The number of rotatable bonds is 1. The van der Waals surface area contributed by atoms with E-state index in [1.54, 1.807) is 18.0 Å². The molecule has 1 saturated heterocycles. The van der Waals surface area contributed by atoms with Crippen molar-refractivity contribution in [1.82, 2.24) is 4.90 Å². The number of likely N-dealkylation sites (tertiary alicyclic amines) is 1. The van der Waals surface area contributed by atoms with Gasteiger partial charge in [-0.3, -0.25) is 4.79 Å². The van der Waals surface area contributed by atoms with Gasteiger partial charge < -0.3 is 10.6 Å². The fourth-order valence-electron chi connectivity index (χ4n) is 2.09. The Hall–Kier alpha value is -0.770. The van der Waals surface area contributed by atoms with Crippen molar-refractivity contribution in [3.63, 3.8) is 0 Å². The van der Waals surface area contributed by atoms with Gasteiger partial charge in [0, 0.05) is 19.5 Å². The molecular formula is C11H12Cl2N2O. The quantitative estimate of drug-likeness (QED) is 0.840. The van der Waals surface area contributed by atoms with Crippen molar-refractivity contribution in [2.45, 2.75) is 18.5 Å². The molecule has 1 aromatic carbocycles. The Bertz CT molecular complexity index is 436. The van der Waals surface area contributed by atoms with Gasteiger partial charge >= 0.3 is 0 Å². The number of nitrogens with two attached hydrogens (primary N) is 1. The molecular weight excluding hydrogens is 247 g/mol. The minimum Gasteiger partial charge on any atom is -0.337 e.